The van der Waals surface area contributed by atoms with Crippen LogP contribution in [0.25, 0.3) is 0 Å². The Morgan fingerprint density at radius 1 is 1.41 bits per heavy atom. The van der Waals surface area contributed by atoms with E-state index in [2.05, 4.69) is 14.8 Å². The molecular formula is C13H15N5O3S. The van der Waals surface area contributed by atoms with Gasteiger partial charge in [0.05, 0.1) is 17.0 Å². The van der Waals surface area contributed by atoms with E-state index in [9.17, 15) is 13.2 Å². The van der Waals surface area contributed by atoms with Crippen LogP contribution >= 0.6 is 0 Å². The van der Waals surface area contributed by atoms with Gasteiger partial charge in [-0.15, -0.1) is 4.40 Å². The number of amides is 1. The maximum absolute atomic E-state index is 12.4. The number of nitrogens with one attached hydrogen (secondary N) is 1. The van der Waals surface area contributed by atoms with Gasteiger partial charge in [-0.25, -0.2) is 8.42 Å². The van der Waals surface area contributed by atoms with Crippen LogP contribution in [0.3, 0.4) is 0 Å². The molecule has 0 aromatic carbocycles. The zero-order valence-electron chi connectivity index (χ0n) is 12.1. The average Bonchev–Trinajstić information content (AvgIpc) is 2.75. The first-order valence-electron chi connectivity index (χ1n) is 6.66. The highest BCUT2D eigenvalue weighted by Crippen LogP contribution is 2.19. The van der Waals surface area contributed by atoms with Crippen LogP contribution in [0.1, 0.15) is 5.69 Å². The van der Waals surface area contributed by atoms with Crippen molar-refractivity contribution in [3.05, 3.63) is 35.7 Å². The average molecular weight is 321 g/mol. The van der Waals surface area contributed by atoms with E-state index in [1.54, 1.807) is 41.0 Å². The summed E-state index contributed by atoms with van der Waals surface area (Å²) in [5.41, 5.74) is 0.985. The molecule has 1 aromatic rings. The predicted molar refractivity (Wildman–Crippen MR) is 81.7 cm³/mol. The number of allylic oxidation sites excluding steroid dienone is 2. The maximum Gasteiger partial charge on any atom is 0.260 e. The Balaban J connectivity index is 1.91. The molecular weight excluding hydrogens is 306 g/mol. The summed E-state index contributed by atoms with van der Waals surface area (Å²) in [6.07, 6.45) is 4.95. The number of aromatic nitrogens is 2. The van der Waals surface area contributed by atoms with E-state index in [1.165, 1.54) is 0 Å². The topological polar surface area (TPSA) is 96.7 Å². The van der Waals surface area contributed by atoms with Crippen LogP contribution in [0.2, 0.25) is 0 Å². The first-order chi connectivity index (χ1) is 10.4. The van der Waals surface area contributed by atoms with Gasteiger partial charge in [-0.2, -0.15) is 5.10 Å². The fraction of sp³-hybridized carbons (Fsp3) is 0.308. The van der Waals surface area contributed by atoms with E-state index in [0.29, 0.717) is 5.82 Å². The highest BCUT2D eigenvalue weighted by molar-refractivity contribution is 7.90. The van der Waals surface area contributed by atoms with Crippen LogP contribution in [0, 0.1) is 6.92 Å². The molecule has 0 saturated heterocycles. The smallest absolute Gasteiger partial charge is 0.260 e. The number of anilines is 1. The molecule has 3 heterocycles. The minimum absolute atomic E-state index is 0.0589. The predicted octanol–water partition coefficient (Wildman–Crippen LogP) is 0.165. The van der Waals surface area contributed by atoms with Crippen LogP contribution in [0.5, 0.6) is 0 Å². The van der Waals surface area contributed by atoms with E-state index in [0.717, 1.165) is 5.69 Å². The van der Waals surface area contributed by atoms with Crippen molar-refractivity contribution in [2.24, 2.45) is 11.4 Å². The van der Waals surface area contributed by atoms with Gasteiger partial charge in [-0.05, 0) is 19.1 Å². The normalized spacial score (nSPS) is 19.3. The van der Waals surface area contributed by atoms with Crippen molar-refractivity contribution < 1.29 is 13.2 Å². The quantitative estimate of drug-likeness (QED) is 0.837. The van der Waals surface area contributed by atoms with Crippen molar-refractivity contribution in [1.82, 2.24) is 14.7 Å². The van der Waals surface area contributed by atoms with Crippen molar-refractivity contribution >= 4 is 27.6 Å². The SMILES string of the molecule is Cc1cc(NC(=O)C2=CC=CN3CCS(=O)(=O)N=C23)n(C)n1. The van der Waals surface area contributed by atoms with Gasteiger partial charge in [-0.1, -0.05) is 0 Å². The number of aryl methyl sites for hydroxylation is 2. The molecule has 0 unspecified atom stereocenters. The van der Waals surface area contributed by atoms with Gasteiger partial charge in [0.15, 0.2) is 5.84 Å². The summed E-state index contributed by atoms with van der Waals surface area (Å²) in [5, 5.41) is 6.86. The molecule has 2 aliphatic heterocycles. The zero-order valence-corrected chi connectivity index (χ0v) is 13.0. The molecule has 1 amide bonds. The lowest BCUT2D eigenvalue weighted by Crippen LogP contribution is -2.41. The van der Waals surface area contributed by atoms with Crippen LogP contribution in [-0.2, 0) is 21.9 Å². The molecule has 8 nitrogen and oxygen atoms in total. The van der Waals surface area contributed by atoms with Crippen molar-refractivity contribution in [1.29, 1.82) is 0 Å². The van der Waals surface area contributed by atoms with Gasteiger partial charge in [0.25, 0.3) is 15.9 Å². The summed E-state index contributed by atoms with van der Waals surface area (Å²) in [4.78, 5) is 14.1. The standard InChI is InChI=1S/C13H15N5O3S/c1-9-8-11(17(2)15-9)14-13(19)10-4-3-5-18-6-7-22(20,21)16-12(10)18/h3-5,8H,6-7H2,1-2H3,(H,14,19). The lowest BCUT2D eigenvalue weighted by molar-refractivity contribution is -0.112. The minimum atomic E-state index is -3.52. The lowest BCUT2D eigenvalue weighted by atomic mass is 10.1. The molecule has 0 aliphatic carbocycles. The lowest BCUT2D eigenvalue weighted by Gasteiger charge is -2.28. The molecule has 0 atom stereocenters. The Morgan fingerprint density at radius 2 is 2.18 bits per heavy atom. The number of fused-ring (bicyclic) bond motifs is 1. The number of hydrogen-bond acceptors (Lipinski definition) is 5. The molecule has 116 valence electrons. The molecule has 0 radical (unpaired) electrons. The Bertz CT molecular complexity index is 832. The number of carbonyl (C=O) groups is 1. The largest absolute Gasteiger partial charge is 0.331 e. The van der Waals surface area contributed by atoms with E-state index in [4.69, 9.17) is 0 Å². The molecule has 1 N–H and O–H groups in total. The second-order valence-electron chi connectivity index (χ2n) is 5.06. The molecule has 0 bridgehead atoms. The first kappa shape index (κ1) is 14.5. The monoisotopic (exact) mass is 321 g/mol. The molecule has 0 spiro atoms. The number of carbonyl (C=O) groups excluding carboxylic acids is 1. The van der Waals surface area contributed by atoms with E-state index < -0.39 is 15.9 Å². The van der Waals surface area contributed by atoms with Gasteiger partial charge in [0.1, 0.15) is 5.82 Å². The number of nitrogens with zero attached hydrogens (tertiary/aromatic N) is 4. The maximum atomic E-state index is 12.4. The van der Waals surface area contributed by atoms with Gasteiger partial charge >= 0.3 is 0 Å². The van der Waals surface area contributed by atoms with Crippen molar-refractivity contribution in [3.8, 4) is 0 Å². The highest BCUT2D eigenvalue weighted by Gasteiger charge is 2.30. The second kappa shape index (κ2) is 5.09. The molecule has 9 heteroatoms. The van der Waals surface area contributed by atoms with Gasteiger partial charge in [0.2, 0.25) is 0 Å². The van der Waals surface area contributed by atoms with E-state index in [-0.39, 0.29) is 23.7 Å². The van der Waals surface area contributed by atoms with Gasteiger partial charge in [-0.3, -0.25) is 9.48 Å². The molecule has 0 fully saturated rings. The van der Waals surface area contributed by atoms with Crippen LogP contribution in [-0.4, -0.2) is 47.1 Å². The van der Waals surface area contributed by atoms with Crippen LogP contribution < -0.4 is 5.32 Å². The summed E-state index contributed by atoms with van der Waals surface area (Å²) in [7, 11) is -1.81. The number of hydrogen-bond donors (Lipinski definition) is 1. The molecule has 22 heavy (non-hydrogen) atoms. The Kier molecular flexibility index (Phi) is 3.36. The van der Waals surface area contributed by atoms with Crippen molar-refractivity contribution in [2.75, 3.05) is 17.6 Å². The fourth-order valence-corrected chi connectivity index (χ4v) is 3.29. The van der Waals surface area contributed by atoms with Gasteiger partial charge < -0.3 is 10.2 Å². The summed E-state index contributed by atoms with van der Waals surface area (Å²) < 4.78 is 28.6. The van der Waals surface area contributed by atoms with E-state index >= 15 is 0 Å². The molecule has 1 aromatic heterocycles. The summed E-state index contributed by atoms with van der Waals surface area (Å²) in [5.74, 6) is 0.207. The van der Waals surface area contributed by atoms with E-state index in [1.807, 2.05) is 6.92 Å². The van der Waals surface area contributed by atoms with Crippen LogP contribution in [0.15, 0.2) is 34.4 Å². The summed E-state index contributed by atoms with van der Waals surface area (Å²) in [6.45, 7) is 2.10. The van der Waals surface area contributed by atoms with Crippen LogP contribution in [0.4, 0.5) is 5.82 Å². The molecule has 2 aliphatic rings. The van der Waals surface area contributed by atoms with Crippen molar-refractivity contribution in [2.45, 2.75) is 6.92 Å². The minimum Gasteiger partial charge on any atom is -0.331 e. The molecule has 3 rings (SSSR count). The van der Waals surface area contributed by atoms with Crippen molar-refractivity contribution in [3.63, 3.8) is 0 Å². The Labute approximate surface area is 127 Å². The number of rotatable bonds is 2. The third-order valence-electron chi connectivity index (χ3n) is 3.35. The third-order valence-corrected chi connectivity index (χ3v) is 4.50. The molecule has 0 saturated carbocycles. The number of sulfonamides is 1. The summed E-state index contributed by atoms with van der Waals surface area (Å²) in [6, 6.07) is 1.73. The van der Waals surface area contributed by atoms with Gasteiger partial charge in [0, 0.05) is 25.9 Å². The third kappa shape index (κ3) is 2.67. The summed E-state index contributed by atoms with van der Waals surface area (Å²) >= 11 is 0. The zero-order chi connectivity index (χ0) is 15.9. The Hall–Kier alpha value is -2.42. The second-order valence-corrected chi connectivity index (χ2v) is 6.82. The highest BCUT2D eigenvalue weighted by atomic mass is 32.2. The fourth-order valence-electron chi connectivity index (χ4n) is 2.30. The first-order valence-corrected chi connectivity index (χ1v) is 8.27. The Morgan fingerprint density at radius 3 is 2.86 bits per heavy atom. The number of amidine groups is 1.